The summed E-state index contributed by atoms with van der Waals surface area (Å²) in [6.07, 6.45) is -42.5. The van der Waals surface area contributed by atoms with Gasteiger partial charge in [0.15, 0.2) is 31.3 Å². The summed E-state index contributed by atoms with van der Waals surface area (Å²) >= 11 is 0. The minimum Gasteiger partial charge on any atom is -0.477 e. The molecule has 10 rings (SSSR count). The van der Waals surface area contributed by atoms with Crippen LogP contribution in [0.3, 0.4) is 0 Å². The van der Waals surface area contributed by atoms with E-state index in [1.165, 1.54) is 24.7 Å². The highest BCUT2D eigenvalue weighted by molar-refractivity contribution is 7.48. The number of phosphoric acid groups is 1. The Hall–Kier alpha value is -10.0. The first-order valence-corrected chi connectivity index (χ1v) is 49.7. The van der Waals surface area contributed by atoms with Gasteiger partial charge >= 0.3 is 37.7 Å². The number of benzene rings is 4. The maximum Gasteiger partial charge on any atom is 0.475 e. The van der Waals surface area contributed by atoms with Crippen LogP contribution in [0.4, 0.5) is 0 Å². The Morgan fingerprint density at radius 3 is 1.57 bits per heavy atom. The van der Waals surface area contributed by atoms with Crippen molar-refractivity contribution in [3.8, 4) is 0 Å². The number of carbonyl (C=O) groups is 10. The molecule has 0 saturated carbocycles. The third-order valence-electron chi connectivity index (χ3n) is 24.5. The minimum atomic E-state index is -4.90. The van der Waals surface area contributed by atoms with E-state index in [1.807, 2.05) is 6.07 Å². The van der Waals surface area contributed by atoms with Crippen LogP contribution in [0.25, 0.3) is 0 Å². The molecule has 4 aromatic carbocycles. The summed E-state index contributed by atoms with van der Waals surface area (Å²) in [6.45, 7) is 5.17. The summed E-state index contributed by atoms with van der Waals surface area (Å²) in [6, 6.07) is 29.9. The lowest BCUT2D eigenvalue weighted by Crippen LogP contribution is -2.71. The number of amides is 5. The second-order valence-electron chi connectivity index (χ2n) is 35.1. The monoisotopic (exact) mass is 2070 g/mol. The smallest absolute Gasteiger partial charge is 0.475 e. The average Bonchev–Trinajstić information content (AvgIpc) is 1.44. The van der Waals surface area contributed by atoms with E-state index in [0.717, 1.165) is 5.56 Å². The molecule has 0 radical (unpaired) electrons. The number of esters is 4. The fourth-order valence-corrected chi connectivity index (χ4v) is 17.7. The van der Waals surface area contributed by atoms with E-state index in [1.54, 1.807) is 150 Å². The molecule has 0 spiro atoms. The quantitative estimate of drug-likeness (QED) is 0.0105. The molecule has 5 aliphatic heterocycles. The van der Waals surface area contributed by atoms with Crippen molar-refractivity contribution >= 4 is 67.2 Å². The van der Waals surface area contributed by atoms with Crippen LogP contribution >= 0.6 is 7.82 Å². The summed E-state index contributed by atoms with van der Waals surface area (Å²) in [5.74, 6) is -12.4. The first-order chi connectivity index (χ1) is 69.6. The number of aromatic nitrogens is 3. The van der Waals surface area contributed by atoms with Crippen LogP contribution in [-0.2, 0) is 176 Å². The number of nitrogens with one attached hydrogen (secondary N) is 5. The van der Waals surface area contributed by atoms with Crippen molar-refractivity contribution in [3.63, 3.8) is 0 Å². The number of aliphatic hydroxyl groups is 10. The molecular formula is C96H135N8O40P. The van der Waals surface area contributed by atoms with Crippen LogP contribution in [-0.4, -0.2) is 348 Å². The second kappa shape index (κ2) is 58.1. The Labute approximate surface area is 836 Å². The predicted octanol–water partition coefficient (Wildman–Crippen LogP) is -0.0522. The number of hydrogen-bond donors (Lipinski definition) is 16. The summed E-state index contributed by atoms with van der Waals surface area (Å²) < 4.78 is 127. The van der Waals surface area contributed by atoms with Gasteiger partial charge in [-0.25, -0.2) is 14.0 Å². The lowest BCUT2D eigenvalue weighted by molar-refractivity contribution is -0.386. The van der Waals surface area contributed by atoms with Crippen molar-refractivity contribution in [2.24, 2.45) is 5.92 Å². The van der Waals surface area contributed by atoms with Gasteiger partial charge < -0.3 is 154 Å². The maximum atomic E-state index is 15.6. The van der Waals surface area contributed by atoms with E-state index in [0.29, 0.717) is 16.7 Å². The van der Waals surface area contributed by atoms with Gasteiger partial charge in [-0.15, -0.1) is 5.10 Å². The molecule has 5 aliphatic rings. The summed E-state index contributed by atoms with van der Waals surface area (Å²) in [4.78, 5) is 136. The van der Waals surface area contributed by atoms with Crippen molar-refractivity contribution in [1.29, 1.82) is 0 Å². The van der Waals surface area contributed by atoms with Gasteiger partial charge in [0.2, 0.25) is 29.5 Å². The zero-order valence-corrected chi connectivity index (χ0v) is 82.3. The number of carbonyl (C=O) groups excluding carboxylic acids is 9. The van der Waals surface area contributed by atoms with Crippen molar-refractivity contribution in [2.75, 3.05) is 52.8 Å². The van der Waals surface area contributed by atoms with Crippen molar-refractivity contribution in [2.45, 2.75) is 323 Å². The molecule has 1 aromatic heterocycles. The van der Waals surface area contributed by atoms with Crippen LogP contribution in [0.15, 0.2) is 128 Å². The van der Waals surface area contributed by atoms with E-state index < -0.39 is 284 Å². The Morgan fingerprint density at radius 1 is 0.517 bits per heavy atom. The Morgan fingerprint density at radius 2 is 1.02 bits per heavy atom. The number of rotatable bonds is 57. The number of carboxylic acids is 1. The molecule has 6 heterocycles. The highest BCUT2D eigenvalue weighted by Crippen LogP contribution is 2.54. The molecule has 5 saturated heterocycles. The van der Waals surface area contributed by atoms with Gasteiger partial charge in [-0.2, -0.15) is 0 Å². The summed E-state index contributed by atoms with van der Waals surface area (Å²) in [5.41, 5.74) is 2.57. The highest BCUT2D eigenvalue weighted by Gasteiger charge is 2.62. The topological polar surface area (TPSA) is 667 Å². The fourth-order valence-electron chi connectivity index (χ4n) is 16.4. The molecule has 49 heteroatoms. The highest BCUT2D eigenvalue weighted by atomic mass is 31.2. The number of hydrogen-bond acceptors (Lipinski definition) is 41. The van der Waals surface area contributed by atoms with Crippen molar-refractivity contribution in [3.05, 3.63) is 155 Å². The van der Waals surface area contributed by atoms with Gasteiger partial charge in [-0.3, -0.25) is 56.7 Å². The number of phosphoric ester groups is 1. The molecule has 0 aliphatic carbocycles. The number of ether oxygens (including phenoxy) is 15. The largest absolute Gasteiger partial charge is 0.477 e. The number of nitrogens with zero attached hydrogens (tertiary/aromatic N) is 3. The number of aliphatic hydroxyl groups excluding tert-OH is 10. The van der Waals surface area contributed by atoms with E-state index in [-0.39, 0.29) is 123 Å². The van der Waals surface area contributed by atoms with Crippen molar-refractivity contribution < 1.29 is 193 Å². The van der Waals surface area contributed by atoms with Crippen LogP contribution in [0.5, 0.6) is 0 Å². The van der Waals surface area contributed by atoms with Crippen LogP contribution < -0.4 is 26.6 Å². The lowest BCUT2D eigenvalue weighted by Gasteiger charge is -2.50. The normalized spacial score (nSPS) is 28.3. The molecule has 16 N–H and O–H groups in total. The van der Waals surface area contributed by atoms with E-state index in [2.05, 4.69) is 36.9 Å². The van der Waals surface area contributed by atoms with Crippen molar-refractivity contribution in [1.82, 2.24) is 41.6 Å². The minimum absolute atomic E-state index is 0.00829. The van der Waals surface area contributed by atoms with Gasteiger partial charge in [0.25, 0.3) is 5.79 Å². The van der Waals surface area contributed by atoms with Gasteiger partial charge in [-0.1, -0.05) is 175 Å². The Balaban J connectivity index is 0.780. The van der Waals surface area contributed by atoms with E-state index >= 15 is 4.57 Å². The predicted molar refractivity (Wildman–Crippen MR) is 496 cm³/mol. The van der Waals surface area contributed by atoms with Gasteiger partial charge in [-0.05, 0) is 35.1 Å². The molecule has 5 amide bonds. The third-order valence-corrected chi connectivity index (χ3v) is 25.9. The van der Waals surface area contributed by atoms with E-state index in [9.17, 15) is 104 Å². The first kappa shape index (κ1) is 117. The maximum absolute atomic E-state index is 15.6. The Bertz CT molecular complexity index is 4870. The van der Waals surface area contributed by atoms with Crippen LogP contribution in [0, 0.1) is 5.92 Å². The SMILES string of the molecule is CCC(=O)O[C@H](CC)CC(=O)NC1[C@H](OCCNC(=O)CCC(=O)NCc2cn(CCO[C@@H]3OC(CO)[C@@H](O[C@@H]4OC(CO)[C@H](O)[C@H](O[C@]5(C(=O)O)C[C@@H](O)[C@@H](NC(=O)Cc6ccccc6)C([C@H](O)[C@H](O)CO)O5)C4O)[C@H](O)C3O)nn2)OC(CO[C@@H]2OC(COCc3ccccc3)[C@@H](OP(=O)(OCc3ccccc3)OCc3ccccc3)[C@H](OC(=O)CC)C2NC(=O)C[C@@H](CC)OC(=O)CC)[C@@H](C)[C@@H]1OC(=O)CC. The molecule has 804 valence electrons. The third kappa shape index (κ3) is 34.3. The molecule has 145 heavy (non-hydrogen) atoms. The molecule has 5 aromatic rings. The van der Waals surface area contributed by atoms with Gasteiger partial charge in [0.1, 0.15) is 115 Å². The molecule has 5 fully saturated rings. The van der Waals surface area contributed by atoms with E-state index in [4.69, 9.17) is 84.6 Å². The van der Waals surface area contributed by atoms with Gasteiger partial charge in [0.05, 0.1) is 123 Å². The number of carboxylic acid groups (broad SMARTS) is 1. The van der Waals surface area contributed by atoms with Gasteiger partial charge in [0, 0.05) is 57.4 Å². The molecular weight excluding hydrogens is 1940 g/mol. The van der Waals surface area contributed by atoms with Crippen LogP contribution in [0.1, 0.15) is 147 Å². The summed E-state index contributed by atoms with van der Waals surface area (Å²) in [5, 5.41) is 142. The first-order valence-electron chi connectivity index (χ1n) is 48.3. The summed E-state index contributed by atoms with van der Waals surface area (Å²) in [7, 11) is -4.90. The van der Waals surface area contributed by atoms with Crippen LogP contribution in [0.2, 0.25) is 0 Å². The zero-order chi connectivity index (χ0) is 105. The zero-order valence-electron chi connectivity index (χ0n) is 81.4. The fraction of sp³-hybridized carbons (Fsp3) is 0.625. The molecule has 9 unspecified atom stereocenters. The molecule has 0 bridgehead atoms. The molecule has 48 nitrogen and oxygen atoms in total. The number of aliphatic carboxylic acids is 1. The standard InChI is InChI=1S/C96H135N8O40P/c1-8-60(133-73(115)10-3)41-71(113)100-78-85(139-75(117)12-5)54(7)66(53-130-92-79(101-72(114)42-61(9-2)134-74(116)11-4)89(140-76(118)13-6)87(67(138-92)52-127-49-56-28-20-15-21-29-56)144-145(126,131-50-57-30-22-16-23-31-57)132-51-58-32-24-17-25-33-58)137-91(78)128-38-36-97-68(110)34-35-69(111)98-44-59-45-104(103-102-59)37-39-129-93-83(122)82(121)86(65(48-107)136-93)141-94-84(123)90(81(120)64(47-106)135-94)143-96(95(124)125)43-62(108)77(88(142-96)80(119)63(109)46-105)99-70(112)40-55-26-18-14-19-27-55/h14-33,45,54,60-67,77-94,105-109,119-123H,8-13,34-44,46-53H2,1-7H3,(H,97,110)(H,98,111)(H,99,112)(H,100,113)(H,101,114)(H,124,125)/t54-,60-,61-,62-,63-,64?,65?,66?,67?,77-,78?,79?,80-,81+,82-,83?,84?,85+,86-,87-,88?,89-,90+,91-,92-,93-,94+,96+/m1/s1. The second-order valence-corrected chi connectivity index (χ2v) is 36.7. The average molecular weight is 2070 g/mol. The molecule has 28 atom stereocenters. The Kier molecular flexibility index (Phi) is 46.8. The lowest BCUT2D eigenvalue weighted by atomic mass is 9.88.